The van der Waals surface area contributed by atoms with Gasteiger partial charge in [0.2, 0.25) is 0 Å². The maximum Gasteiger partial charge on any atom is 0.157 e. The molecule has 0 bridgehead atoms. The molecular weight excluding hydrogens is 344 g/mol. The fourth-order valence-corrected chi connectivity index (χ4v) is 3.81. The van der Waals surface area contributed by atoms with Gasteiger partial charge in [0, 0.05) is 6.54 Å². The average Bonchev–Trinajstić information content (AvgIpc) is 3.11. The van der Waals surface area contributed by atoms with Gasteiger partial charge in [0.25, 0.3) is 0 Å². The van der Waals surface area contributed by atoms with Gasteiger partial charge in [-0.2, -0.15) is 5.26 Å². The second-order valence-corrected chi connectivity index (χ2v) is 7.14. The lowest BCUT2D eigenvalue weighted by molar-refractivity contribution is 0.786. The molecule has 4 heteroatoms. The highest BCUT2D eigenvalue weighted by atomic mass is 15.1. The number of rotatable bonds is 6. The van der Waals surface area contributed by atoms with E-state index in [2.05, 4.69) is 60.0 Å². The van der Waals surface area contributed by atoms with E-state index in [1.165, 1.54) is 11.1 Å². The summed E-state index contributed by atoms with van der Waals surface area (Å²) in [4.78, 5) is 4.78. The molecule has 0 aliphatic rings. The predicted octanol–water partition coefficient (Wildman–Crippen LogP) is 5.62. The zero-order valence-corrected chi connectivity index (χ0v) is 16.4. The zero-order chi connectivity index (χ0) is 19.5. The van der Waals surface area contributed by atoms with Gasteiger partial charge in [0.1, 0.15) is 11.9 Å². The molecule has 28 heavy (non-hydrogen) atoms. The van der Waals surface area contributed by atoms with Crippen molar-refractivity contribution in [1.29, 1.82) is 5.26 Å². The van der Waals surface area contributed by atoms with Gasteiger partial charge < -0.3 is 5.32 Å². The Kier molecular flexibility index (Phi) is 4.99. The first-order valence-corrected chi connectivity index (χ1v) is 9.85. The summed E-state index contributed by atoms with van der Waals surface area (Å²) in [6.45, 7) is 4.98. The molecule has 0 saturated heterocycles. The Bertz CT molecular complexity index is 1170. The van der Waals surface area contributed by atoms with Crippen LogP contribution in [0.1, 0.15) is 42.0 Å². The Hall–Kier alpha value is -3.32. The van der Waals surface area contributed by atoms with Crippen molar-refractivity contribution in [2.45, 2.75) is 39.7 Å². The molecule has 140 valence electrons. The smallest absolute Gasteiger partial charge is 0.157 e. The Morgan fingerprint density at radius 3 is 2.57 bits per heavy atom. The summed E-state index contributed by atoms with van der Waals surface area (Å²) in [6.07, 6.45) is 3.14. The monoisotopic (exact) mass is 368 g/mol. The van der Waals surface area contributed by atoms with Crippen molar-refractivity contribution in [1.82, 2.24) is 9.38 Å². The molecule has 0 aliphatic heterocycles. The molecule has 0 unspecified atom stereocenters. The topological polar surface area (TPSA) is 53.1 Å². The van der Waals surface area contributed by atoms with Crippen molar-refractivity contribution in [2.75, 3.05) is 5.32 Å². The number of nitrogens with one attached hydrogen (secondary N) is 1. The van der Waals surface area contributed by atoms with Gasteiger partial charge in [0.05, 0.1) is 16.6 Å². The largest absolute Gasteiger partial charge is 0.367 e. The summed E-state index contributed by atoms with van der Waals surface area (Å²) in [5.74, 6) is 1.05. The van der Waals surface area contributed by atoms with Gasteiger partial charge in [-0.15, -0.1) is 0 Å². The van der Waals surface area contributed by atoms with E-state index in [-0.39, 0.29) is 0 Å². The molecule has 0 atom stereocenters. The average molecular weight is 368 g/mol. The summed E-state index contributed by atoms with van der Waals surface area (Å²) in [5.41, 5.74) is 6.82. The van der Waals surface area contributed by atoms with E-state index in [9.17, 15) is 5.26 Å². The molecule has 4 nitrogen and oxygen atoms in total. The third-order valence-corrected chi connectivity index (χ3v) is 5.32. The van der Waals surface area contributed by atoms with E-state index in [4.69, 9.17) is 4.98 Å². The quantitative estimate of drug-likeness (QED) is 0.480. The number of unbranched alkanes of at least 4 members (excludes halogenated alkanes) is 1. The van der Waals surface area contributed by atoms with Gasteiger partial charge in [-0.3, -0.25) is 4.40 Å². The van der Waals surface area contributed by atoms with Crippen LogP contribution in [0.5, 0.6) is 0 Å². The standard InChI is InChI=1S/C24H24N4/c1-3-4-12-19-17(2)20(15-25)24-27-21-13-8-9-14-22(21)28(24)23(19)26-16-18-10-6-5-7-11-18/h5-11,13-14,26H,3-4,12,16H2,1-2H3. The molecular formula is C24H24N4. The van der Waals surface area contributed by atoms with Crippen LogP contribution in [0.3, 0.4) is 0 Å². The maximum atomic E-state index is 9.87. The van der Waals surface area contributed by atoms with E-state index < -0.39 is 0 Å². The third kappa shape index (κ3) is 3.10. The van der Waals surface area contributed by atoms with Crippen LogP contribution in [-0.4, -0.2) is 9.38 Å². The molecule has 2 aromatic carbocycles. The first-order valence-electron chi connectivity index (χ1n) is 9.85. The maximum absolute atomic E-state index is 9.87. The van der Waals surface area contributed by atoms with Gasteiger partial charge in [-0.05, 0) is 48.6 Å². The number of benzene rings is 2. The lowest BCUT2D eigenvalue weighted by atomic mass is 9.99. The van der Waals surface area contributed by atoms with Crippen molar-refractivity contribution in [3.05, 3.63) is 76.9 Å². The van der Waals surface area contributed by atoms with E-state index in [0.717, 1.165) is 53.9 Å². The highest BCUT2D eigenvalue weighted by Crippen LogP contribution is 2.32. The minimum atomic E-state index is 0.674. The molecule has 0 fully saturated rings. The summed E-state index contributed by atoms with van der Waals surface area (Å²) in [7, 11) is 0. The number of nitrogens with zero attached hydrogens (tertiary/aromatic N) is 3. The molecule has 4 aromatic rings. The highest BCUT2D eigenvalue weighted by molar-refractivity contribution is 5.86. The molecule has 0 spiro atoms. The summed E-state index contributed by atoms with van der Waals surface area (Å²) in [5, 5.41) is 13.5. The van der Waals surface area contributed by atoms with E-state index in [0.29, 0.717) is 5.56 Å². The van der Waals surface area contributed by atoms with Gasteiger partial charge >= 0.3 is 0 Å². The van der Waals surface area contributed by atoms with Crippen LogP contribution in [0.4, 0.5) is 5.82 Å². The first-order chi connectivity index (χ1) is 13.7. The van der Waals surface area contributed by atoms with Crippen molar-refractivity contribution >= 4 is 22.5 Å². The van der Waals surface area contributed by atoms with Crippen LogP contribution >= 0.6 is 0 Å². The predicted molar refractivity (Wildman–Crippen MR) is 115 cm³/mol. The summed E-state index contributed by atoms with van der Waals surface area (Å²) >= 11 is 0. The molecule has 0 saturated carbocycles. The minimum Gasteiger partial charge on any atom is -0.367 e. The van der Waals surface area contributed by atoms with Crippen molar-refractivity contribution in [3.63, 3.8) is 0 Å². The lowest BCUT2D eigenvalue weighted by Gasteiger charge is -2.19. The lowest BCUT2D eigenvalue weighted by Crippen LogP contribution is -2.11. The number of para-hydroxylation sites is 2. The number of nitriles is 1. The molecule has 0 aliphatic carbocycles. The second-order valence-electron chi connectivity index (χ2n) is 7.14. The van der Waals surface area contributed by atoms with E-state index >= 15 is 0 Å². The summed E-state index contributed by atoms with van der Waals surface area (Å²) in [6, 6.07) is 20.9. The van der Waals surface area contributed by atoms with Crippen LogP contribution < -0.4 is 5.32 Å². The Morgan fingerprint density at radius 2 is 1.82 bits per heavy atom. The van der Waals surface area contributed by atoms with Crippen LogP contribution in [0.25, 0.3) is 16.7 Å². The number of anilines is 1. The SMILES string of the molecule is CCCCc1c(C)c(C#N)c2nc3ccccc3n2c1NCc1ccccc1. The van der Waals surface area contributed by atoms with Crippen molar-refractivity contribution in [2.24, 2.45) is 0 Å². The minimum absolute atomic E-state index is 0.674. The Morgan fingerprint density at radius 1 is 1.07 bits per heavy atom. The highest BCUT2D eigenvalue weighted by Gasteiger charge is 2.20. The molecule has 4 rings (SSSR count). The molecule has 2 heterocycles. The fraction of sp³-hybridized carbons (Fsp3) is 0.250. The van der Waals surface area contributed by atoms with Crippen LogP contribution in [0.2, 0.25) is 0 Å². The van der Waals surface area contributed by atoms with Crippen LogP contribution in [0.15, 0.2) is 54.6 Å². The normalized spacial score (nSPS) is 11.0. The molecule has 0 radical (unpaired) electrons. The van der Waals surface area contributed by atoms with Crippen molar-refractivity contribution in [3.8, 4) is 6.07 Å². The fourth-order valence-electron chi connectivity index (χ4n) is 3.81. The number of pyridine rings is 1. The van der Waals surface area contributed by atoms with Gasteiger partial charge in [0.15, 0.2) is 5.65 Å². The Balaban J connectivity index is 1.96. The number of hydrogen-bond acceptors (Lipinski definition) is 3. The third-order valence-electron chi connectivity index (χ3n) is 5.32. The Labute approximate surface area is 165 Å². The van der Waals surface area contributed by atoms with Gasteiger partial charge in [-0.25, -0.2) is 4.98 Å². The van der Waals surface area contributed by atoms with Crippen molar-refractivity contribution < 1.29 is 0 Å². The summed E-state index contributed by atoms with van der Waals surface area (Å²) < 4.78 is 2.13. The number of imidazole rings is 1. The zero-order valence-electron chi connectivity index (χ0n) is 16.4. The number of aromatic nitrogens is 2. The molecule has 0 amide bonds. The van der Waals surface area contributed by atoms with Crippen LogP contribution in [-0.2, 0) is 13.0 Å². The second kappa shape index (κ2) is 7.74. The number of fused-ring (bicyclic) bond motifs is 3. The first kappa shape index (κ1) is 18.1. The van der Waals surface area contributed by atoms with E-state index in [1.807, 2.05) is 24.3 Å². The van der Waals surface area contributed by atoms with Gasteiger partial charge in [-0.1, -0.05) is 55.8 Å². The molecule has 1 N–H and O–H groups in total. The molecule has 2 aromatic heterocycles. The van der Waals surface area contributed by atoms with E-state index in [1.54, 1.807) is 0 Å². The van der Waals surface area contributed by atoms with Crippen LogP contribution in [0, 0.1) is 18.3 Å². The number of hydrogen-bond donors (Lipinski definition) is 1.